The first kappa shape index (κ1) is 16.3. The van der Waals surface area contributed by atoms with E-state index in [1.54, 1.807) is 11.3 Å². The Bertz CT molecular complexity index is 585. The van der Waals surface area contributed by atoms with Gasteiger partial charge in [0.15, 0.2) is 0 Å². The average Bonchev–Trinajstić information content (AvgIpc) is 2.89. The molecule has 1 N–H and O–H groups in total. The van der Waals surface area contributed by atoms with Gasteiger partial charge < -0.3 is 10.1 Å². The third-order valence-electron chi connectivity index (χ3n) is 3.18. The number of benzene rings is 1. The summed E-state index contributed by atoms with van der Waals surface area (Å²) in [4.78, 5) is 4.42. The van der Waals surface area contributed by atoms with E-state index in [0.29, 0.717) is 6.61 Å². The van der Waals surface area contributed by atoms with Crippen LogP contribution in [0.1, 0.15) is 42.6 Å². The Morgan fingerprint density at radius 2 is 2.24 bits per heavy atom. The minimum atomic E-state index is 0.204. The lowest BCUT2D eigenvalue weighted by atomic mass is 10.1. The molecule has 0 radical (unpaired) electrons. The zero-order valence-corrected chi connectivity index (χ0v) is 14.2. The van der Waals surface area contributed by atoms with Crippen LogP contribution < -0.4 is 10.1 Å². The summed E-state index contributed by atoms with van der Waals surface area (Å²) in [5, 5.41) is 7.28. The highest BCUT2D eigenvalue weighted by Crippen LogP contribution is 2.29. The molecule has 0 aliphatic rings. The second kappa shape index (κ2) is 7.78. The molecular formula is C16H21ClN2OS. The number of thiazole rings is 1. The summed E-state index contributed by atoms with van der Waals surface area (Å²) in [5.41, 5.74) is 2.05. The minimum Gasteiger partial charge on any atom is -0.487 e. The van der Waals surface area contributed by atoms with Gasteiger partial charge in [0, 0.05) is 22.0 Å². The van der Waals surface area contributed by atoms with Crippen LogP contribution in [0.2, 0.25) is 5.02 Å². The van der Waals surface area contributed by atoms with Gasteiger partial charge in [0.1, 0.15) is 12.4 Å². The largest absolute Gasteiger partial charge is 0.487 e. The summed E-state index contributed by atoms with van der Waals surface area (Å²) in [6, 6.07) is 5.97. The Morgan fingerprint density at radius 3 is 2.90 bits per heavy atom. The Kier molecular flexibility index (Phi) is 6.03. The highest BCUT2D eigenvalue weighted by molar-refractivity contribution is 7.09. The predicted molar refractivity (Wildman–Crippen MR) is 89.3 cm³/mol. The molecule has 1 aromatic carbocycles. The number of aromatic nitrogens is 1. The van der Waals surface area contributed by atoms with Crippen LogP contribution in [-0.4, -0.2) is 11.5 Å². The average molecular weight is 325 g/mol. The number of hydrogen-bond acceptors (Lipinski definition) is 4. The number of hydrogen-bond donors (Lipinski definition) is 1. The topological polar surface area (TPSA) is 34.1 Å². The number of halogens is 1. The summed E-state index contributed by atoms with van der Waals surface area (Å²) in [5.74, 6) is 0.862. The normalized spacial score (nSPS) is 12.4. The maximum absolute atomic E-state index is 6.12. The minimum absolute atomic E-state index is 0.204. The molecule has 5 heteroatoms. The van der Waals surface area contributed by atoms with Crippen molar-refractivity contribution in [3.8, 4) is 5.75 Å². The van der Waals surface area contributed by atoms with Crippen LogP contribution in [0.15, 0.2) is 23.6 Å². The van der Waals surface area contributed by atoms with E-state index in [9.17, 15) is 0 Å². The number of ether oxygens (including phenoxy) is 1. The van der Waals surface area contributed by atoms with Crippen molar-refractivity contribution < 1.29 is 4.74 Å². The van der Waals surface area contributed by atoms with Crippen LogP contribution in [0.4, 0.5) is 0 Å². The Labute approximate surface area is 135 Å². The van der Waals surface area contributed by atoms with Crippen molar-refractivity contribution in [2.24, 2.45) is 0 Å². The van der Waals surface area contributed by atoms with Crippen LogP contribution in [0.25, 0.3) is 0 Å². The zero-order valence-electron chi connectivity index (χ0n) is 12.6. The van der Waals surface area contributed by atoms with E-state index in [2.05, 4.69) is 24.1 Å². The van der Waals surface area contributed by atoms with Gasteiger partial charge in [-0.3, -0.25) is 0 Å². The van der Waals surface area contributed by atoms with Crippen molar-refractivity contribution in [1.82, 2.24) is 10.3 Å². The Hall–Kier alpha value is -1.10. The summed E-state index contributed by atoms with van der Waals surface area (Å²) in [7, 11) is 0. The molecule has 1 heterocycles. The quantitative estimate of drug-likeness (QED) is 0.798. The number of nitrogens with one attached hydrogen (secondary N) is 1. The van der Waals surface area contributed by atoms with Gasteiger partial charge in [0.25, 0.3) is 0 Å². The van der Waals surface area contributed by atoms with Crippen molar-refractivity contribution in [1.29, 1.82) is 0 Å². The number of nitrogens with zero attached hydrogens (tertiary/aromatic N) is 1. The van der Waals surface area contributed by atoms with Gasteiger partial charge in [0.05, 0.1) is 10.7 Å². The van der Waals surface area contributed by atoms with E-state index >= 15 is 0 Å². The molecule has 0 aliphatic heterocycles. The van der Waals surface area contributed by atoms with E-state index in [0.717, 1.165) is 40.0 Å². The summed E-state index contributed by atoms with van der Waals surface area (Å²) in [6.07, 6.45) is 1.10. The lowest BCUT2D eigenvalue weighted by molar-refractivity contribution is 0.295. The lowest BCUT2D eigenvalue weighted by Crippen LogP contribution is -2.20. The molecule has 0 spiro atoms. The van der Waals surface area contributed by atoms with Crippen molar-refractivity contribution >= 4 is 22.9 Å². The van der Waals surface area contributed by atoms with Gasteiger partial charge in [0.2, 0.25) is 0 Å². The first-order valence-corrected chi connectivity index (χ1v) is 8.42. The molecule has 2 aromatic rings. The monoisotopic (exact) mass is 324 g/mol. The highest BCUT2D eigenvalue weighted by Gasteiger charge is 2.12. The molecule has 1 atom stereocenters. The van der Waals surface area contributed by atoms with Gasteiger partial charge in [-0.25, -0.2) is 4.98 Å². The molecule has 0 aliphatic carbocycles. The van der Waals surface area contributed by atoms with E-state index in [4.69, 9.17) is 16.3 Å². The molecule has 0 saturated heterocycles. The second-order valence-corrected chi connectivity index (χ2v) is 6.50. The SMILES string of the molecule is CCCNC(C)c1cc(Cl)ccc1OCc1csc(C)n1. The summed E-state index contributed by atoms with van der Waals surface area (Å²) >= 11 is 7.76. The summed E-state index contributed by atoms with van der Waals surface area (Å²) < 4.78 is 5.94. The van der Waals surface area contributed by atoms with Crippen LogP contribution >= 0.6 is 22.9 Å². The highest BCUT2D eigenvalue weighted by atomic mass is 35.5. The van der Waals surface area contributed by atoms with Gasteiger partial charge in [-0.2, -0.15) is 0 Å². The molecule has 3 nitrogen and oxygen atoms in total. The van der Waals surface area contributed by atoms with Gasteiger partial charge >= 0.3 is 0 Å². The molecule has 2 rings (SSSR count). The van der Waals surface area contributed by atoms with Crippen LogP contribution in [0.3, 0.4) is 0 Å². The Balaban J connectivity index is 2.10. The van der Waals surface area contributed by atoms with Crippen molar-refractivity contribution in [3.05, 3.63) is 44.9 Å². The fraction of sp³-hybridized carbons (Fsp3) is 0.438. The third kappa shape index (κ3) is 4.70. The zero-order chi connectivity index (χ0) is 15.2. The fourth-order valence-corrected chi connectivity index (χ4v) is 2.86. The standard InChI is InChI=1S/C16H21ClN2OS/c1-4-7-18-11(2)15-8-13(17)5-6-16(15)20-9-14-10-21-12(3)19-14/h5-6,8,10-11,18H,4,7,9H2,1-3H3. The molecule has 1 aromatic heterocycles. The van der Waals surface area contributed by atoms with Crippen LogP contribution in [-0.2, 0) is 6.61 Å². The van der Waals surface area contributed by atoms with E-state index in [1.807, 2.05) is 30.5 Å². The van der Waals surface area contributed by atoms with Gasteiger partial charge in [-0.1, -0.05) is 18.5 Å². The molecule has 0 saturated carbocycles. The van der Waals surface area contributed by atoms with Crippen molar-refractivity contribution in [3.63, 3.8) is 0 Å². The second-order valence-electron chi connectivity index (χ2n) is 5.00. The smallest absolute Gasteiger partial charge is 0.131 e. The van der Waals surface area contributed by atoms with Gasteiger partial charge in [-0.15, -0.1) is 11.3 Å². The molecule has 0 bridgehead atoms. The first-order chi connectivity index (χ1) is 10.1. The van der Waals surface area contributed by atoms with Crippen molar-refractivity contribution in [2.45, 2.75) is 39.8 Å². The van der Waals surface area contributed by atoms with Gasteiger partial charge in [-0.05, 0) is 45.0 Å². The van der Waals surface area contributed by atoms with Crippen molar-refractivity contribution in [2.75, 3.05) is 6.54 Å². The number of rotatable bonds is 7. The molecule has 114 valence electrons. The summed E-state index contributed by atoms with van der Waals surface area (Å²) in [6.45, 7) is 7.73. The third-order valence-corrected chi connectivity index (χ3v) is 4.24. The molecule has 0 fully saturated rings. The molecule has 1 unspecified atom stereocenters. The van der Waals surface area contributed by atoms with E-state index in [1.165, 1.54) is 0 Å². The maximum Gasteiger partial charge on any atom is 0.131 e. The number of aryl methyl sites for hydroxylation is 1. The van der Waals surface area contributed by atoms with Crippen LogP contribution in [0.5, 0.6) is 5.75 Å². The van der Waals surface area contributed by atoms with E-state index < -0.39 is 0 Å². The Morgan fingerprint density at radius 1 is 1.43 bits per heavy atom. The van der Waals surface area contributed by atoms with E-state index in [-0.39, 0.29) is 6.04 Å². The lowest BCUT2D eigenvalue weighted by Gasteiger charge is -2.18. The predicted octanol–water partition coefficient (Wildman–Crippen LogP) is 4.74. The maximum atomic E-state index is 6.12. The molecule has 21 heavy (non-hydrogen) atoms. The van der Waals surface area contributed by atoms with Crippen LogP contribution in [0, 0.1) is 6.92 Å². The first-order valence-electron chi connectivity index (χ1n) is 7.16. The molecule has 0 amide bonds. The fourth-order valence-electron chi connectivity index (χ4n) is 2.09. The molecular weight excluding hydrogens is 304 g/mol.